The molecule has 23 heavy (non-hydrogen) atoms. The van der Waals surface area contributed by atoms with Gasteiger partial charge in [0.15, 0.2) is 5.82 Å². The van der Waals surface area contributed by atoms with Crippen LogP contribution in [-0.2, 0) is 0 Å². The highest BCUT2D eigenvalue weighted by atomic mass is 32.1. The molecular weight excluding hydrogens is 306 g/mol. The summed E-state index contributed by atoms with van der Waals surface area (Å²) in [6.07, 6.45) is 3.40. The highest BCUT2D eigenvalue weighted by molar-refractivity contribution is 7.25. The number of benzene rings is 1. The number of nitrogens with one attached hydrogen (secondary N) is 1. The van der Waals surface area contributed by atoms with E-state index >= 15 is 0 Å². The summed E-state index contributed by atoms with van der Waals surface area (Å²) in [7, 11) is 4.06. The molecule has 0 fully saturated rings. The Morgan fingerprint density at radius 3 is 2.61 bits per heavy atom. The quantitative estimate of drug-likeness (QED) is 0.617. The fourth-order valence-electron chi connectivity index (χ4n) is 2.48. The van der Waals surface area contributed by atoms with E-state index in [0.29, 0.717) is 0 Å². The Hall–Kier alpha value is -2.73. The zero-order chi connectivity index (χ0) is 15.8. The van der Waals surface area contributed by atoms with E-state index in [4.69, 9.17) is 0 Å². The highest BCUT2D eigenvalue weighted by Crippen LogP contribution is 2.35. The molecule has 4 rings (SSSR count). The molecule has 3 aromatic heterocycles. The van der Waals surface area contributed by atoms with Crippen molar-refractivity contribution < 1.29 is 0 Å². The molecule has 114 valence electrons. The molecule has 4 aromatic rings. The van der Waals surface area contributed by atoms with Crippen LogP contribution < -0.4 is 10.2 Å². The highest BCUT2D eigenvalue weighted by Gasteiger charge is 2.11. The Kier molecular flexibility index (Phi) is 3.31. The second-order valence-corrected chi connectivity index (χ2v) is 6.42. The summed E-state index contributed by atoms with van der Waals surface area (Å²) in [5.74, 6) is 0.815. The molecule has 3 heterocycles. The Labute approximate surface area is 137 Å². The maximum Gasteiger partial charge on any atom is 0.151 e. The fourth-order valence-corrected chi connectivity index (χ4v) is 3.52. The lowest BCUT2D eigenvalue weighted by Gasteiger charge is -2.13. The van der Waals surface area contributed by atoms with E-state index in [1.165, 1.54) is 0 Å². The molecule has 0 aliphatic carbocycles. The minimum absolute atomic E-state index is 0.815. The zero-order valence-corrected chi connectivity index (χ0v) is 13.6. The standard InChI is InChI=1S/C17H15N5S/c1-22(2)12-7-5-11(6-8-12)21-16-15-14(19-10-20-16)13-4-3-9-18-17(13)23-15/h3-10H,1-2H3,(H,19,20,21). The van der Waals surface area contributed by atoms with E-state index in [9.17, 15) is 0 Å². The van der Waals surface area contributed by atoms with Gasteiger partial charge in [-0.25, -0.2) is 15.0 Å². The summed E-state index contributed by atoms with van der Waals surface area (Å²) in [5.41, 5.74) is 3.11. The Bertz CT molecular complexity index is 975. The molecule has 0 saturated carbocycles. The second kappa shape index (κ2) is 5.48. The molecule has 0 unspecified atom stereocenters. The first kappa shape index (κ1) is 13.9. The summed E-state index contributed by atoms with van der Waals surface area (Å²) < 4.78 is 1.03. The molecule has 0 bridgehead atoms. The first-order valence-electron chi connectivity index (χ1n) is 7.25. The average Bonchev–Trinajstić information content (AvgIpc) is 2.95. The van der Waals surface area contributed by atoms with Crippen molar-refractivity contribution >= 4 is 49.0 Å². The van der Waals surface area contributed by atoms with Crippen molar-refractivity contribution in [3.05, 3.63) is 48.9 Å². The number of anilines is 3. The van der Waals surface area contributed by atoms with Gasteiger partial charge in [0.2, 0.25) is 0 Å². The molecule has 0 saturated heterocycles. The normalized spacial score (nSPS) is 11.0. The van der Waals surface area contributed by atoms with Crippen LogP contribution in [0.4, 0.5) is 17.2 Å². The van der Waals surface area contributed by atoms with Crippen LogP contribution in [-0.4, -0.2) is 29.0 Å². The van der Waals surface area contributed by atoms with Crippen molar-refractivity contribution in [1.82, 2.24) is 15.0 Å². The van der Waals surface area contributed by atoms with Gasteiger partial charge in [0.1, 0.15) is 11.2 Å². The third-order valence-corrected chi connectivity index (χ3v) is 4.78. The zero-order valence-electron chi connectivity index (χ0n) is 12.8. The molecule has 0 aliphatic rings. The Balaban J connectivity index is 1.76. The van der Waals surface area contributed by atoms with Gasteiger partial charge in [-0.15, -0.1) is 11.3 Å². The lowest BCUT2D eigenvalue weighted by Crippen LogP contribution is -2.08. The van der Waals surface area contributed by atoms with Crippen molar-refractivity contribution in [2.24, 2.45) is 0 Å². The van der Waals surface area contributed by atoms with Crippen LogP contribution in [0.5, 0.6) is 0 Å². The van der Waals surface area contributed by atoms with Gasteiger partial charge in [0.05, 0.1) is 10.2 Å². The number of nitrogens with zero attached hydrogens (tertiary/aromatic N) is 4. The van der Waals surface area contributed by atoms with Crippen LogP contribution >= 0.6 is 11.3 Å². The van der Waals surface area contributed by atoms with Crippen LogP contribution in [0.2, 0.25) is 0 Å². The molecule has 6 heteroatoms. The molecule has 0 amide bonds. The third kappa shape index (κ3) is 2.47. The van der Waals surface area contributed by atoms with Crippen LogP contribution in [0.3, 0.4) is 0 Å². The lowest BCUT2D eigenvalue weighted by atomic mass is 10.2. The van der Waals surface area contributed by atoms with Crippen molar-refractivity contribution in [3.8, 4) is 0 Å². The number of pyridine rings is 1. The minimum atomic E-state index is 0.815. The number of thiophene rings is 1. The minimum Gasteiger partial charge on any atom is -0.378 e. The SMILES string of the molecule is CN(C)c1ccc(Nc2ncnc3c2sc2ncccc23)cc1. The first-order chi connectivity index (χ1) is 11.2. The van der Waals surface area contributed by atoms with E-state index in [0.717, 1.165) is 37.6 Å². The van der Waals surface area contributed by atoms with Crippen molar-refractivity contribution in [2.75, 3.05) is 24.3 Å². The number of hydrogen-bond acceptors (Lipinski definition) is 6. The summed E-state index contributed by atoms with van der Waals surface area (Å²) in [4.78, 5) is 16.3. The largest absolute Gasteiger partial charge is 0.378 e. The van der Waals surface area contributed by atoms with Gasteiger partial charge in [-0.2, -0.15) is 0 Å². The molecule has 0 aliphatic heterocycles. The maximum atomic E-state index is 4.42. The summed E-state index contributed by atoms with van der Waals surface area (Å²) in [5, 5.41) is 4.46. The van der Waals surface area contributed by atoms with Crippen LogP contribution in [0, 0.1) is 0 Å². The smallest absolute Gasteiger partial charge is 0.151 e. The number of hydrogen-bond donors (Lipinski definition) is 1. The molecule has 1 aromatic carbocycles. The fraction of sp³-hybridized carbons (Fsp3) is 0.118. The first-order valence-corrected chi connectivity index (χ1v) is 8.06. The van der Waals surface area contributed by atoms with Crippen LogP contribution in [0.1, 0.15) is 0 Å². The summed E-state index contributed by atoms with van der Waals surface area (Å²) in [6, 6.07) is 12.2. The van der Waals surface area contributed by atoms with Crippen LogP contribution in [0.25, 0.3) is 20.4 Å². The van der Waals surface area contributed by atoms with Gasteiger partial charge < -0.3 is 10.2 Å². The average molecular weight is 321 g/mol. The molecule has 5 nitrogen and oxygen atoms in total. The van der Waals surface area contributed by atoms with Crippen molar-refractivity contribution in [2.45, 2.75) is 0 Å². The molecular formula is C17H15N5S. The van der Waals surface area contributed by atoms with Gasteiger partial charge in [-0.1, -0.05) is 0 Å². The maximum absolute atomic E-state index is 4.42. The number of fused-ring (bicyclic) bond motifs is 3. The number of rotatable bonds is 3. The van der Waals surface area contributed by atoms with Gasteiger partial charge >= 0.3 is 0 Å². The van der Waals surface area contributed by atoms with E-state index < -0.39 is 0 Å². The van der Waals surface area contributed by atoms with E-state index in [-0.39, 0.29) is 0 Å². The summed E-state index contributed by atoms with van der Waals surface area (Å²) >= 11 is 1.61. The predicted molar refractivity (Wildman–Crippen MR) is 96.8 cm³/mol. The molecule has 1 N–H and O–H groups in total. The third-order valence-electron chi connectivity index (χ3n) is 3.68. The van der Waals surface area contributed by atoms with E-state index in [1.54, 1.807) is 23.9 Å². The molecule has 0 radical (unpaired) electrons. The monoisotopic (exact) mass is 321 g/mol. The Morgan fingerprint density at radius 1 is 1.00 bits per heavy atom. The van der Waals surface area contributed by atoms with Crippen molar-refractivity contribution in [3.63, 3.8) is 0 Å². The van der Waals surface area contributed by atoms with Gasteiger partial charge in [0.25, 0.3) is 0 Å². The second-order valence-electron chi connectivity index (χ2n) is 5.42. The van der Waals surface area contributed by atoms with Gasteiger partial charge in [-0.05, 0) is 36.4 Å². The topological polar surface area (TPSA) is 53.9 Å². The lowest BCUT2D eigenvalue weighted by molar-refractivity contribution is 1.13. The summed E-state index contributed by atoms with van der Waals surface area (Å²) in [6.45, 7) is 0. The van der Waals surface area contributed by atoms with Gasteiger partial charge in [-0.3, -0.25) is 0 Å². The van der Waals surface area contributed by atoms with E-state index in [2.05, 4.69) is 49.4 Å². The van der Waals surface area contributed by atoms with Crippen molar-refractivity contribution in [1.29, 1.82) is 0 Å². The predicted octanol–water partition coefficient (Wildman–Crippen LogP) is 4.05. The Morgan fingerprint density at radius 2 is 1.83 bits per heavy atom. The van der Waals surface area contributed by atoms with Crippen LogP contribution in [0.15, 0.2) is 48.9 Å². The molecule has 0 atom stereocenters. The molecule has 0 spiro atoms. The number of aromatic nitrogens is 3. The van der Waals surface area contributed by atoms with Gasteiger partial charge in [0, 0.05) is 37.1 Å². The van der Waals surface area contributed by atoms with E-state index in [1.807, 2.05) is 26.2 Å².